The highest BCUT2D eigenvalue weighted by molar-refractivity contribution is 7.86. The number of esters is 1. The highest BCUT2D eigenvalue weighted by Gasteiger charge is 2.75. The topological polar surface area (TPSA) is 298 Å². The number of hydrogen-bond donors (Lipinski definition) is 9. The van der Waals surface area contributed by atoms with Gasteiger partial charge in [-0.2, -0.15) is 0 Å². The number of phenols is 1. The van der Waals surface area contributed by atoms with E-state index >= 15 is 0 Å². The molecule has 5 heterocycles. The minimum Gasteiger partial charge on any atom is -0.508 e. The summed E-state index contributed by atoms with van der Waals surface area (Å²) in [6.07, 6.45) is -21.9. The van der Waals surface area contributed by atoms with Gasteiger partial charge in [0, 0.05) is 29.1 Å². The van der Waals surface area contributed by atoms with Crippen LogP contribution in [0, 0.1) is 11.8 Å². The van der Waals surface area contributed by atoms with Gasteiger partial charge in [0.25, 0.3) is 0 Å². The Balaban J connectivity index is 1.10. The number of aliphatic hydroxyl groups excluding tert-OH is 7. The standard InChI is InChI=1S/C34H46O19S/c1-12-10-47-33(8-17(12)49-29(43)14-3-5-15(36)6-4-14)32(44)34(45)20(37)7-16-19(11-54(46)27(16)28(34)53-33)51-31-26(24(41)21(38)13(2)48-31)52-30-25(42)23(40)22(39)18(9-35)50-30/h3-6,12-13,16-28,30-31,35-42,45H,7-11H2,1-2H3/t12-,13-,16-,17+,18-,19+,20+,21-,22-,23+,24+,25-,26-,27+,28-,30+,31+,33+,34-,54-/m1/s1. The van der Waals surface area contributed by atoms with E-state index in [0.29, 0.717) is 0 Å². The number of carbonyl (C=O) groups excluding carboxylic acids is 2. The lowest BCUT2D eigenvalue weighted by Gasteiger charge is -2.47. The molecule has 1 aromatic carbocycles. The number of Topliss-reactive ketones (excluding diaryl/α,β-unsaturated/α-hetero) is 1. The number of ketones is 1. The average molecular weight is 791 g/mol. The third kappa shape index (κ3) is 6.61. The Morgan fingerprint density at radius 3 is 2.31 bits per heavy atom. The van der Waals surface area contributed by atoms with Gasteiger partial charge in [0.1, 0.15) is 60.7 Å². The summed E-state index contributed by atoms with van der Waals surface area (Å²) < 4.78 is 55.0. The Kier molecular flexibility index (Phi) is 11.0. The van der Waals surface area contributed by atoms with Crippen LogP contribution >= 0.6 is 0 Å². The van der Waals surface area contributed by atoms with Crippen LogP contribution in [0.4, 0.5) is 0 Å². The maximum atomic E-state index is 14.1. The van der Waals surface area contributed by atoms with E-state index in [9.17, 15) is 59.8 Å². The zero-order valence-corrected chi connectivity index (χ0v) is 30.0. The van der Waals surface area contributed by atoms with Crippen molar-refractivity contribution in [2.45, 2.75) is 129 Å². The summed E-state index contributed by atoms with van der Waals surface area (Å²) in [6, 6.07) is 5.35. The van der Waals surface area contributed by atoms with E-state index in [1.165, 1.54) is 31.2 Å². The number of benzene rings is 1. The SMILES string of the molecule is C[C@@H]1CO[C@@]2(C[C@@H]1OC(=O)c1ccc(O)cc1)O[C@@H]1[C@@H]3[C@H](C[C@H](O)[C@]1(O)C2=O)[C@@H](O[C@@H]1O[C@H](C)[C@@H](O)[C@H](O)[C@H]1O[C@@H]1O[C@H](CO)[C@@H](O)[C@H](O)[C@H]1O)C[S@]3=O. The summed E-state index contributed by atoms with van der Waals surface area (Å²) in [5.41, 5.74) is -2.43. The van der Waals surface area contributed by atoms with Gasteiger partial charge in [-0.25, -0.2) is 4.79 Å². The molecule has 1 saturated carbocycles. The van der Waals surface area contributed by atoms with Crippen LogP contribution in [0.25, 0.3) is 0 Å². The zero-order valence-electron chi connectivity index (χ0n) is 29.2. The van der Waals surface area contributed by atoms with Crippen LogP contribution in [-0.2, 0) is 48.8 Å². The second-order valence-corrected chi connectivity index (χ2v) is 16.7. The van der Waals surface area contributed by atoms with Gasteiger partial charge in [-0.3, -0.25) is 9.00 Å². The van der Waals surface area contributed by atoms with Crippen LogP contribution in [0.5, 0.6) is 5.75 Å². The van der Waals surface area contributed by atoms with Crippen LogP contribution in [0.3, 0.4) is 0 Å². The lowest BCUT2D eigenvalue weighted by molar-refractivity contribution is -0.369. The van der Waals surface area contributed by atoms with Crippen molar-refractivity contribution in [1.29, 1.82) is 0 Å². The molecule has 20 atom stereocenters. The number of phenolic OH excluding ortho intramolecular Hbond substituents is 1. The van der Waals surface area contributed by atoms with Gasteiger partial charge in [-0.15, -0.1) is 0 Å². The molecule has 6 fully saturated rings. The van der Waals surface area contributed by atoms with Crippen molar-refractivity contribution >= 4 is 22.6 Å². The van der Waals surface area contributed by atoms with Crippen molar-refractivity contribution in [2.75, 3.05) is 19.0 Å². The van der Waals surface area contributed by atoms with Gasteiger partial charge in [-0.1, -0.05) is 6.92 Å². The average Bonchev–Trinajstić information content (AvgIpc) is 3.56. The van der Waals surface area contributed by atoms with Gasteiger partial charge >= 0.3 is 5.97 Å². The molecule has 1 aliphatic carbocycles. The summed E-state index contributed by atoms with van der Waals surface area (Å²) in [6.45, 7) is 2.26. The summed E-state index contributed by atoms with van der Waals surface area (Å²) in [5.74, 6) is -5.48. The first-order valence-electron chi connectivity index (χ1n) is 17.8. The smallest absolute Gasteiger partial charge is 0.338 e. The molecule has 0 unspecified atom stereocenters. The number of fused-ring (bicyclic) bond motifs is 3. The molecular weight excluding hydrogens is 744 g/mol. The second kappa shape index (κ2) is 14.9. The normalized spacial score (nSPS) is 50.4. The summed E-state index contributed by atoms with van der Waals surface area (Å²) >= 11 is 0. The minimum atomic E-state index is -2.57. The molecule has 5 saturated heterocycles. The first-order valence-corrected chi connectivity index (χ1v) is 19.2. The van der Waals surface area contributed by atoms with Crippen LogP contribution in [0.2, 0.25) is 0 Å². The van der Waals surface area contributed by atoms with Crippen molar-refractivity contribution in [1.82, 2.24) is 0 Å². The fourth-order valence-corrected chi connectivity index (χ4v) is 10.4. The Labute approximate surface area is 310 Å². The first kappa shape index (κ1) is 40.0. The molecule has 1 aromatic rings. The molecule has 0 bridgehead atoms. The molecule has 0 radical (unpaired) electrons. The molecule has 19 nitrogen and oxygen atoms in total. The van der Waals surface area contributed by atoms with Gasteiger partial charge in [0.15, 0.2) is 18.2 Å². The number of rotatable bonds is 7. The second-order valence-electron chi connectivity index (χ2n) is 15.0. The molecule has 0 amide bonds. The van der Waals surface area contributed by atoms with Gasteiger partial charge in [0.2, 0.25) is 11.6 Å². The number of aromatic hydroxyl groups is 1. The Hall–Kier alpha value is -2.25. The first-order chi connectivity index (χ1) is 25.5. The molecular formula is C34H46O19S. The summed E-state index contributed by atoms with van der Waals surface area (Å²) in [7, 11) is -1.87. The fourth-order valence-electron chi connectivity index (χ4n) is 8.33. The summed E-state index contributed by atoms with van der Waals surface area (Å²) in [4.78, 5) is 27.1. The van der Waals surface area contributed by atoms with Crippen LogP contribution in [0.15, 0.2) is 24.3 Å². The molecule has 1 spiro atoms. The number of carbonyl (C=O) groups is 2. The van der Waals surface area contributed by atoms with Gasteiger partial charge < -0.3 is 79.1 Å². The van der Waals surface area contributed by atoms with E-state index in [0.717, 1.165) is 0 Å². The predicted molar refractivity (Wildman–Crippen MR) is 175 cm³/mol. The van der Waals surface area contributed by atoms with Crippen LogP contribution in [0.1, 0.15) is 37.0 Å². The highest BCUT2D eigenvalue weighted by atomic mass is 32.2. The van der Waals surface area contributed by atoms with E-state index in [4.69, 9.17) is 33.2 Å². The molecule has 6 aliphatic rings. The zero-order chi connectivity index (χ0) is 39.0. The molecule has 9 N–H and O–H groups in total. The van der Waals surface area contributed by atoms with Gasteiger partial charge in [0.05, 0.1) is 48.1 Å². The number of aliphatic hydroxyl groups is 8. The number of ether oxygens (including phenoxy) is 7. The molecule has 302 valence electrons. The van der Waals surface area contributed by atoms with E-state index in [1.54, 1.807) is 6.92 Å². The largest absolute Gasteiger partial charge is 0.508 e. The Morgan fingerprint density at radius 2 is 1.63 bits per heavy atom. The van der Waals surface area contributed by atoms with Crippen molar-refractivity contribution in [3.8, 4) is 5.75 Å². The molecule has 5 aliphatic heterocycles. The molecule has 20 heteroatoms. The maximum absolute atomic E-state index is 14.1. The quantitative estimate of drug-likeness (QED) is 0.119. The van der Waals surface area contributed by atoms with Crippen LogP contribution < -0.4 is 0 Å². The molecule has 0 aromatic heterocycles. The predicted octanol–water partition coefficient (Wildman–Crippen LogP) is -4.08. The highest BCUT2D eigenvalue weighted by Crippen LogP contribution is 2.53. The van der Waals surface area contributed by atoms with E-state index < -0.39 is 143 Å². The van der Waals surface area contributed by atoms with Crippen molar-refractivity contribution in [3.63, 3.8) is 0 Å². The minimum absolute atomic E-state index is 0.0574. The lowest BCUT2D eigenvalue weighted by Crippen LogP contribution is -2.66. The van der Waals surface area contributed by atoms with Crippen molar-refractivity contribution in [3.05, 3.63) is 29.8 Å². The van der Waals surface area contributed by atoms with E-state index in [1.807, 2.05) is 0 Å². The third-order valence-electron chi connectivity index (χ3n) is 11.6. The molecule has 7 rings (SSSR count). The van der Waals surface area contributed by atoms with E-state index in [2.05, 4.69) is 0 Å². The van der Waals surface area contributed by atoms with Crippen LogP contribution in [-0.4, -0.2) is 183 Å². The lowest BCUT2D eigenvalue weighted by atomic mass is 9.70. The van der Waals surface area contributed by atoms with E-state index in [-0.39, 0.29) is 36.5 Å². The van der Waals surface area contributed by atoms with Gasteiger partial charge in [-0.05, 0) is 37.6 Å². The Morgan fingerprint density at radius 1 is 0.926 bits per heavy atom. The third-order valence-corrected chi connectivity index (χ3v) is 13.4. The van der Waals surface area contributed by atoms with Crippen molar-refractivity contribution in [2.24, 2.45) is 11.8 Å². The maximum Gasteiger partial charge on any atom is 0.338 e. The Bertz CT molecular complexity index is 1580. The summed E-state index contributed by atoms with van der Waals surface area (Å²) in [5, 5.41) is 94.1. The number of hydrogen-bond acceptors (Lipinski definition) is 19. The monoisotopic (exact) mass is 790 g/mol. The molecule has 54 heavy (non-hydrogen) atoms. The fraction of sp³-hybridized carbons (Fsp3) is 0.765. The van der Waals surface area contributed by atoms with Crippen molar-refractivity contribution < 1.29 is 92.9 Å².